The highest BCUT2D eigenvalue weighted by Crippen LogP contribution is 2.32. The Bertz CT molecular complexity index is 221. The van der Waals surface area contributed by atoms with Gasteiger partial charge in [-0.15, -0.1) is 0 Å². The molecule has 0 amide bonds. The van der Waals surface area contributed by atoms with Gasteiger partial charge in [0.15, 0.2) is 0 Å². The second-order valence-corrected chi connectivity index (χ2v) is 8.61. The summed E-state index contributed by atoms with van der Waals surface area (Å²) >= 11 is 0. The molecule has 0 aromatic rings. The Hall–Kier alpha value is -0.0800. The molecule has 0 atom stereocenters. The third-order valence-corrected chi connectivity index (χ3v) is 4.87. The molecule has 0 aliphatic carbocycles. The van der Waals surface area contributed by atoms with Crippen molar-refractivity contribution >= 4 is 0 Å². The smallest absolute Gasteiger partial charge is 0.0125 e. The van der Waals surface area contributed by atoms with Crippen LogP contribution in [-0.4, -0.2) is 36.6 Å². The van der Waals surface area contributed by atoms with Gasteiger partial charge in [-0.1, -0.05) is 82.6 Å². The second-order valence-electron chi connectivity index (χ2n) is 8.61. The minimum Gasteiger partial charge on any atom is -0.317 e. The maximum absolute atomic E-state index is 3.39. The molecule has 28 heavy (non-hydrogen) atoms. The van der Waals surface area contributed by atoms with Crippen molar-refractivity contribution in [2.45, 2.75) is 135 Å². The molecular formula is C26H62N2. The van der Waals surface area contributed by atoms with Gasteiger partial charge < -0.3 is 5.32 Å². The van der Waals surface area contributed by atoms with E-state index in [2.05, 4.69) is 51.8 Å². The zero-order chi connectivity index (χ0) is 23.2. The monoisotopic (exact) mass is 402 g/mol. The van der Waals surface area contributed by atoms with Crippen LogP contribution in [0.25, 0.3) is 0 Å². The summed E-state index contributed by atoms with van der Waals surface area (Å²) in [7, 11) is 0. The van der Waals surface area contributed by atoms with E-state index in [9.17, 15) is 0 Å². The molecule has 2 rings (SSSR count). The van der Waals surface area contributed by atoms with E-state index in [4.69, 9.17) is 0 Å². The lowest BCUT2D eigenvalue weighted by molar-refractivity contribution is 0.111. The highest BCUT2D eigenvalue weighted by atomic mass is 15.2. The summed E-state index contributed by atoms with van der Waals surface area (Å²) in [6.45, 7) is 35.0. The van der Waals surface area contributed by atoms with E-state index in [1.54, 1.807) is 0 Å². The van der Waals surface area contributed by atoms with Crippen LogP contribution >= 0.6 is 0 Å². The molecule has 2 nitrogen and oxygen atoms in total. The summed E-state index contributed by atoms with van der Waals surface area (Å²) in [5.74, 6) is 0.939. The summed E-state index contributed by atoms with van der Waals surface area (Å²) in [6, 6.07) is 0. The largest absolute Gasteiger partial charge is 0.317 e. The van der Waals surface area contributed by atoms with Crippen LogP contribution in [0, 0.1) is 11.3 Å². The van der Waals surface area contributed by atoms with Gasteiger partial charge >= 0.3 is 0 Å². The fourth-order valence-electron chi connectivity index (χ4n) is 3.25. The Morgan fingerprint density at radius 3 is 1.18 bits per heavy atom. The minimum atomic E-state index is 0.403. The number of hydrogen-bond donors (Lipinski definition) is 1. The molecule has 0 unspecified atom stereocenters. The van der Waals surface area contributed by atoms with E-state index in [-0.39, 0.29) is 0 Å². The third-order valence-electron chi connectivity index (χ3n) is 4.87. The molecule has 0 bridgehead atoms. The van der Waals surface area contributed by atoms with E-state index in [1.807, 2.05) is 55.4 Å². The van der Waals surface area contributed by atoms with Crippen molar-refractivity contribution in [2.75, 3.05) is 26.2 Å². The molecule has 0 radical (unpaired) electrons. The number of likely N-dealkylation sites (tertiary alicyclic amines) is 1. The number of hydrogen-bond acceptors (Lipinski definition) is 2. The first-order valence-corrected chi connectivity index (χ1v) is 12.7. The van der Waals surface area contributed by atoms with Gasteiger partial charge in [-0.05, 0) is 84.0 Å². The van der Waals surface area contributed by atoms with Crippen molar-refractivity contribution in [2.24, 2.45) is 11.3 Å². The molecule has 0 spiro atoms. The summed E-state index contributed by atoms with van der Waals surface area (Å²) in [5.41, 5.74) is 0.933. The van der Waals surface area contributed by atoms with E-state index < -0.39 is 0 Å². The molecule has 2 fully saturated rings. The maximum Gasteiger partial charge on any atom is 0.0125 e. The molecule has 176 valence electrons. The van der Waals surface area contributed by atoms with Gasteiger partial charge in [0.25, 0.3) is 0 Å². The Kier molecular flexibility index (Phi) is 29.3. The van der Waals surface area contributed by atoms with E-state index in [0.717, 1.165) is 5.92 Å². The Balaban J connectivity index is -0.000000152. The summed E-state index contributed by atoms with van der Waals surface area (Å²) in [6.07, 6.45) is 6.97. The minimum absolute atomic E-state index is 0.403. The van der Waals surface area contributed by atoms with Crippen LogP contribution in [0.2, 0.25) is 0 Å². The summed E-state index contributed by atoms with van der Waals surface area (Å²) < 4.78 is 0. The quantitative estimate of drug-likeness (QED) is 0.437. The van der Waals surface area contributed by atoms with Crippen molar-refractivity contribution in [3.05, 3.63) is 0 Å². The number of nitrogens with zero attached hydrogens (tertiary/aromatic N) is 1. The van der Waals surface area contributed by atoms with Crippen LogP contribution < -0.4 is 5.32 Å². The third kappa shape index (κ3) is 20.6. The Morgan fingerprint density at radius 1 is 0.607 bits per heavy atom. The number of rotatable bonds is 0. The molecule has 0 aromatic carbocycles. The van der Waals surface area contributed by atoms with Crippen LogP contribution in [0.1, 0.15) is 129 Å². The first-order chi connectivity index (χ1) is 13.2. The van der Waals surface area contributed by atoms with Gasteiger partial charge in [-0.25, -0.2) is 0 Å². The normalized spacial score (nSPS) is 17.4. The van der Waals surface area contributed by atoms with Crippen LogP contribution in [0.3, 0.4) is 0 Å². The molecule has 2 heteroatoms. The first kappa shape index (κ1) is 35.4. The van der Waals surface area contributed by atoms with Gasteiger partial charge in [-0.3, -0.25) is 4.90 Å². The Morgan fingerprint density at radius 2 is 0.964 bits per heavy atom. The van der Waals surface area contributed by atoms with Crippen LogP contribution in [0.4, 0.5) is 0 Å². The average molecular weight is 403 g/mol. The molecule has 2 aliphatic rings. The second kappa shape index (κ2) is 23.2. The van der Waals surface area contributed by atoms with Crippen LogP contribution in [0.15, 0.2) is 0 Å². The maximum atomic E-state index is 3.39. The van der Waals surface area contributed by atoms with Crippen molar-refractivity contribution in [1.82, 2.24) is 10.2 Å². The van der Waals surface area contributed by atoms with Gasteiger partial charge in [-0.2, -0.15) is 0 Å². The molecule has 2 saturated heterocycles. The molecule has 2 aliphatic heterocycles. The molecule has 0 aromatic heterocycles. The van der Waals surface area contributed by atoms with E-state index in [1.165, 1.54) is 58.3 Å². The zero-order valence-corrected chi connectivity index (χ0v) is 22.9. The van der Waals surface area contributed by atoms with Crippen molar-refractivity contribution < 1.29 is 0 Å². The van der Waals surface area contributed by atoms with Gasteiger partial charge in [0.1, 0.15) is 0 Å². The SMILES string of the molecule is CC.CC.CC.CC.CC(C)(C)C1CCNCC1.CC(C)(C)N1CCCCC1. The molecule has 2 heterocycles. The van der Waals surface area contributed by atoms with Crippen molar-refractivity contribution in [3.8, 4) is 0 Å². The van der Waals surface area contributed by atoms with Crippen molar-refractivity contribution in [1.29, 1.82) is 0 Å². The Labute approximate surface area is 182 Å². The van der Waals surface area contributed by atoms with Crippen molar-refractivity contribution in [3.63, 3.8) is 0 Å². The molecular weight excluding hydrogens is 340 g/mol. The number of piperidine rings is 2. The highest BCUT2D eigenvalue weighted by molar-refractivity contribution is 4.79. The predicted octanol–water partition coefficient (Wildman–Crippen LogP) is 8.41. The van der Waals surface area contributed by atoms with E-state index in [0.29, 0.717) is 11.0 Å². The highest BCUT2D eigenvalue weighted by Gasteiger charge is 2.25. The fourth-order valence-corrected chi connectivity index (χ4v) is 3.25. The first-order valence-electron chi connectivity index (χ1n) is 12.7. The topological polar surface area (TPSA) is 15.3 Å². The van der Waals surface area contributed by atoms with E-state index >= 15 is 0 Å². The average Bonchev–Trinajstić information content (AvgIpc) is 2.74. The number of nitrogens with one attached hydrogen (secondary N) is 1. The van der Waals surface area contributed by atoms with Gasteiger partial charge in [0.05, 0.1) is 0 Å². The van der Waals surface area contributed by atoms with Gasteiger partial charge in [0, 0.05) is 5.54 Å². The summed E-state index contributed by atoms with van der Waals surface area (Å²) in [4.78, 5) is 2.58. The molecule has 1 N–H and O–H groups in total. The standard InChI is InChI=1S/2C9H19N.4C2H6/c1-9(2,3)8-4-6-10-7-5-8;1-9(2,3)10-7-5-4-6-8-10;4*1-2/h8,10H,4-7H2,1-3H3;4-8H2,1-3H3;4*1-2H3. The zero-order valence-electron chi connectivity index (χ0n) is 22.9. The fraction of sp³-hybridized carbons (Fsp3) is 1.00. The van der Waals surface area contributed by atoms with Crippen LogP contribution in [-0.2, 0) is 0 Å². The lowest BCUT2D eigenvalue weighted by Crippen LogP contribution is -2.44. The predicted molar refractivity (Wildman–Crippen MR) is 136 cm³/mol. The van der Waals surface area contributed by atoms with Crippen LogP contribution in [0.5, 0.6) is 0 Å². The lowest BCUT2D eigenvalue weighted by Gasteiger charge is -2.38. The molecule has 0 saturated carbocycles. The van der Waals surface area contributed by atoms with Gasteiger partial charge in [0.2, 0.25) is 0 Å². The lowest BCUT2D eigenvalue weighted by atomic mass is 9.76. The summed E-state index contributed by atoms with van der Waals surface area (Å²) in [5, 5.41) is 3.39.